The number of aliphatic hydroxyl groups is 2. The number of fused-ring (bicyclic) bond motifs is 2. The van der Waals surface area contributed by atoms with Gasteiger partial charge in [0.15, 0.2) is 0 Å². The fourth-order valence-corrected chi connectivity index (χ4v) is 5.74. The molecule has 2 N–H and O–H groups in total. The van der Waals surface area contributed by atoms with E-state index in [-0.39, 0.29) is 17.8 Å². The first-order chi connectivity index (χ1) is 11.8. The molecule has 2 saturated carbocycles. The van der Waals surface area contributed by atoms with Crippen LogP contribution in [0.1, 0.15) is 84.5 Å². The molecule has 0 aromatic heterocycles. The molecule has 4 nitrogen and oxygen atoms in total. The lowest BCUT2D eigenvalue weighted by atomic mass is 9.71. The normalized spacial score (nSPS) is 47.5. The number of epoxide rings is 2. The molecule has 0 amide bonds. The van der Waals surface area contributed by atoms with Gasteiger partial charge in [-0.15, -0.1) is 0 Å². The lowest BCUT2D eigenvalue weighted by Gasteiger charge is -2.37. The number of ether oxygens (including phenoxy) is 2. The SMILES string of the molecule is CC12CCC(CC(O)(CCCCO)CC3CCC4(C)OC4C3)CC1O2. The van der Waals surface area contributed by atoms with Gasteiger partial charge in [0, 0.05) is 6.61 Å². The molecule has 0 aromatic carbocycles. The third-order valence-corrected chi connectivity index (χ3v) is 7.65. The molecule has 25 heavy (non-hydrogen) atoms. The van der Waals surface area contributed by atoms with Crippen molar-refractivity contribution in [2.45, 2.75) is 113 Å². The van der Waals surface area contributed by atoms with Gasteiger partial charge in [-0.05, 0) is 96.3 Å². The molecule has 4 rings (SSSR count). The fourth-order valence-electron chi connectivity index (χ4n) is 5.74. The van der Waals surface area contributed by atoms with Crippen LogP contribution in [0.5, 0.6) is 0 Å². The summed E-state index contributed by atoms with van der Waals surface area (Å²) in [6.07, 6.45) is 12.1. The molecule has 6 unspecified atom stereocenters. The second-order valence-electron chi connectivity index (χ2n) is 9.93. The monoisotopic (exact) mass is 352 g/mol. The van der Waals surface area contributed by atoms with Crippen LogP contribution >= 0.6 is 0 Å². The number of hydrogen-bond donors (Lipinski definition) is 2. The van der Waals surface area contributed by atoms with Crippen molar-refractivity contribution in [3.8, 4) is 0 Å². The first-order valence-electron chi connectivity index (χ1n) is 10.5. The minimum atomic E-state index is -0.574. The third kappa shape index (κ3) is 3.92. The van der Waals surface area contributed by atoms with Gasteiger partial charge in [-0.25, -0.2) is 0 Å². The summed E-state index contributed by atoms with van der Waals surface area (Å²) in [5.41, 5.74) is -0.263. The van der Waals surface area contributed by atoms with E-state index in [2.05, 4.69) is 13.8 Å². The van der Waals surface area contributed by atoms with Gasteiger partial charge < -0.3 is 19.7 Å². The molecular formula is C21H36O4. The highest BCUT2D eigenvalue weighted by atomic mass is 16.6. The van der Waals surface area contributed by atoms with Gasteiger partial charge in [-0.3, -0.25) is 0 Å². The molecule has 4 fully saturated rings. The third-order valence-electron chi connectivity index (χ3n) is 7.65. The van der Waals surface area contributed by atoms with Crippen molar-refractivity contribution >= 4 is 0 Å². The van der Waals surface area contributed by atoms with E-state index in [0.717, 1.165) is 57.8 Å². The van der Waals surface area contributed by atoms with Crippen LogP contribution in [0.4, 0.5) is 0 Å². The van der Waals surface area contributed by atoms with Crippen LogP contribution in [0.2, 0.25) is 0 Å². The summed E-state index contributed by atoms with van der Waals surface area (Å²) >= 11 is 0. The van der Waals surface area contributed by atoms with Gasteiger partial charge in [0.1, 0.15) is 0 Å². The van der Waals surface area contributed by atoms with Crippen molar-refractivity contribution < 1.29 is 19.7 Å². The summed E-state index contributed by atoms with van der Waals surface area (Å²) in [5, 5.41) is 20.6. The predicted octanol–water partition coefficient (Wildman–Crippen LogP) is 3.58. The van der Waals surface area contributed by atoms with E-state index in [1.807, 2.05) is 0 Å². The number of unbranched alkanes of at least 4 members (excludes halogenated alkanes) is 1. The van der Waals surface area contributed by atoms with E-state index in [1.54, 1.807) is 0 Å². The van der Waals surface area contributed by atoms with Gasteiger partial charge in [0.05, 0.1) is 29.0 Å². The standard InChI is InChI=1S/C21H36O4/c1-19-8-5-15(11-17(19)24-19)13-21(23,7-3-4-10-22)14-16-6-9-20(2)18(12-16)25-20/h15-18,22-23H,3-14H2,1-2H3. The molecule has 0 aromatic rings. The molecule has 4 heteroatoms. The molecule has 2 aliphatic carbocycles. The Morgan fingerprint density at radius 1 is 0.920 bits per heavy atom. The fraction of sp³-hybridized carbons (Fsp3) is 1.00. The Hall–Kier alpha value is -0.160. The van der Waals surface area contributed by atoms with Crippen molar-refractivity contribution in [2.24, 2.45) is 11.8 Å². The average Bonchev–Trinajstić information content (AvgIpc) is 3.41. The summed E-state index contributed by atoms with van der Waals surface area (Å²) in [6.45, 7) is 4.69. The van der Waals surface area contributed by atoms with Crippen molar-refractivity contribution in [3.05, 3.63) is 0 Å². The average molecular weight is 353 g/mol. The predicted molar refractivity (Wildman–Crippen MR) is 96.4 cm³/mol. The molecule has 6 atom stereocenters. The number of rotatable bonds is 8. The maximum atomic E-state index is 11.5. The van der Waals surface area contributed by atoms with Crippen LogP contribution in [-0.4, -0.2) is 45.8 Å². The van der Waals surface area contributed by atoms with Crippen molar-refractivity contribution in [1.82, 2.24) is 0 Å². The van der Waals surface area contributed by atoms with E-state index in [4.69, 9.17) is 14.6 Å². The quantitative estimate of drug-likeness (QED) is 0.518. The Kier molecular flexibility index (Phi) is 4.71. The summed E-state index contributed by atoms with van der Waals surface area (Å²) < 4.78 is 11.7. The molecule has 4 aliphatic rings. The largest absolute Gasteiger partial charge is 0.396 e. The van der Waals surface area contributed by atoms with Crippen LogP contribution in [0, 0.1) is 11.8 Å². The topological polar surface area (TPSA) is 65.5 Å². The zero-order valence-electron chi connectivity index (χ0n) is 16.0. The van der Waals surface area contributed by atoms with E-state index in [9.17, 15) is 5.11 Å². The summed E-state index contributed by atoms with van der Waals surface area (Å²) in [5.74, 6) is 1.18. The Bertz CT molecular complexity index is 458. The lowest BCUT2D eigenvalue weighted by molar-refractivity contribution is -0.0250. The van der Waals surface area contributed by atoms with Gasteiger partial charge in [0.2, 0.25) is 0 Å². The second kappa shape index (κ2) is 6.47. The van der Waals surface area contributed by atoms with Crippen LogP contribution in [0.25, 0.3) is 0 Å². The molecule has 144 valence electrons. The minimum Gasteiger partial charge on any atom is -0.396 e. The molecule has 2 heterocycles. The Balaban J connectivity index is 1.34. The van der Waals surface area contributed by atoms with Gasteiger partial charge in [0.25, 0.3) is 0 Å². The lowest BCUT2D eigenvalue weighted by Crippen LogP contribution is -2.37. The van der Waals surface area contributed by atoms with E-state index in [1.165, 1.54) is 12.8 Å². The maximum absolute atomic E-state index is 11.5. The molecule has 0 radical (unpaired) electrons. The van der Waals surface area contributed by atoms with Crippen LogP contribution in [0.3, 0.4) is 0 Å². The van der Waals surface area contributed by atoms with Gasteiger partial charge in [-0.2, -0.15) is 0 Å². The first kappa shape index (κ1) is 18.2. The van der Waals surface area contributed by atoms with Crippen molar-refractivity contribution in [3.63, 3.8) is 0 Å². The van der Waals surface area contributed by atoms with Crippen LogP contribution in [0.15, 0.2) is 0 Å². The van der Waals surface area contributed by atoms with E-state index >= 15 is 0 Å². The van der Waals surface area contributed by atoms with Gasteiger partial charge in [-0.1, -0.05) is 0 Å². The van der Waals surface area contributed by atoms with Crippen LogP contribution in [-0.2, 0) is 9.47 Å². The molecule has 2 saturated heterocycles. The number of hydrogen-bond acceptors (Lipinski definition) is 4. The Morgan fingerprint density at radius 2 is 1.44 bits per heavy atom. The highest BCUT2D eigenvalue weighted by Gasteiger charge is 2.57. The van der Waals surface area contributed by atoms with E-state index in [0.29, 0.717) is 24.0 Å². The van der Waals surface area contributed by atoms with Gasteiger partial charge >= 0.3 is 0 Å². The van der Waals surface area contributed by atoms with E-state index < -0.39 is 5.60 Å². The molecule has 0 bridgehead atoms. The number of aliphatic hydroxyl groups excluding tert-OH is 1. The summed E-state index contributed by atoms with van der Waals surface area (Å²) in [7, 11) is 0. The van der Waals surface area contributed by atoms with Crippen molar-refractivity contribution in [2.75, 3.05) is 6.61 Å². The molecule has 2 aliphatic heterocycles. The highest BCUT2D eigenvalue weighted by molar-refractivity contribution is 5.06. The minimum absolute atomic E-state index is 0.155. The summed E-state index contributed by atoms with van der Waals surface area (Å²) in [4.78, 5) is 0. The maximum Gasteiger partial charge on any atom is 0.0920 e. The highest BCUT2D eigenvalue weighted by Crippen LogP contribution is 2.53. The second-order valence-corrected chi connectivity index (χ2v) is 9.93. The zero-order valence-corrected chi connectivity index (χ0v) is 16.0. The molecule has 0 spiro atoms. The summed E-state index contributed by atoms with van der Waals surface area (Å²) in [6, 6.07) is 0. The Morgan fingerprint density at radius 3 is 1.88 bits per heavy atom. The van der Waals surface area contributed by atoms with Crippen LogP contribution < -0.4 is 0 Å². The smallest absolute Gasteiger partial charge is 0.0920 e. The molecular weight excluding hydrogens is 316 g/mol. The zero-order chi connectivity index (χ0) is 17.7. The first-order valence-corrected chi connectivity index (χ1v) is 10.5. The Labute approximate surface area is 152 Å². The van der Waals surface area contributed by atoms with Crippen molar-refractivity contribution in [1.29, 1.82) is 0 Å².